The van der Waals surface area contributed by atoms with Gasteiger partial charge in [-0.25, -0.2) is 0 Å². The van der Waals surface area contributed by atoms with E-state index < -0.39 is 0 Å². The highest BCUT2D eigenvalue weighted by atomic mass is 16.2. The van der Waals surface area contributed by atoms with Crippen molar-refractivity contribution in [2.75, 3.05) is 26.7 Å². The van der Waals surface area contributed by atoms with Crippen LogP contribution < -0.4 is 5.73 Å². The maximum absolute atomic E-state index is 12.1. The van der Waals surface area contributed by atoms with Gasteiger partial charge in [0.2, 0.25) is 5.91 Å². The number of hydrogen-bond donors (Lipinski definition) is 1. The molecule has 0 spiro atoms. The number of likely N-dealkylation sites (N-methyl/N-ethyl adjacent to an activating group) is 1. The van der Waals surface area contributed by atoms with E-state index in [0.29, 0.717) is 25.2 Å². The van der Waals surface area contributed by atoms with Crippen LogP contribution in [0.5, 0.6) is 0 Å². The molecule has 1 heterocycles. The van der Waals surface area contributed by atoms with E-state index in [1.165, 1.54) is 12.8 Å². The van der Waals surface area contributed by atoms with E-state index in [2.05, 4.69) is 18.7 Å². The van der Waals surface area contributed by atoms with Gasteiger partial charge in [-0.3, -0.25) is 9.69 Å². The Balaban J connectivity index is 2.43. The molecule has 0 radical (unpaired) electrons. The van der Waals surface area contributed by atoms with Gasteiger partial charge in [-0.2, -0.15) is 0 Å². The summed E-state index contributed by atoms with van der Waals surface area (Å²) < 4.78 is 0. The number of amides is 1. The average molecular weight is 241 g/mol. The van der Waals surface area contributed by atoms with Crippen molar-refractivity contribution < 1.29 is 4.79 Å². The average Bonchev–Trinajstić information content (AvgIpc) is 2.67. The van der Waals surface area contributed by atoms with Crippen molar-refractivity contribution in [3.05, 3.63) is 0 Å². The third-order valence-electron chi connectivity index (χ3n) is 3.87. The Morgan fingerprint density at radius 3 is 2.76 bits per heavy atom. The molecule has 1 saturated heterocycles. The molecule has 100 valence electrons. The lowest BCUT2D eigenvalue weighted by Gasteiger charge is -2.29. The smallest absolute Gasteiger partial charge is 0.236 e. The van der Waals surface area contributed by atoms with Gasteiger partial charge in [0.1, 0.15) is 0 Å². The molecule has 0 aromatic rings. The van der Waals surface area contributed by atoms with Crippen molar-refractivity contribution in [3.8, 4) is 0 Å². The second-order valence-corrected chi connectivity index (χ2v) is 5.12. The monoisotopic (exact) mass is 241 g/mol. The van der Waals surface area contributed by atoms with E-state index >= 15 is 0 Å². The number of nitrogens with two attached hydrogens (primary N) is 1. The van der Waals surface area contributed by atoms with Gasteiger partial charge >= 0.3 is 0 Å². The minimum absolute atomic E-state index is 0.227. The van der Waals surface area contributed by atoms with Crippen molar-refractivity contribution in [2.24, 2.45) is 5.73 Å². The number of rotatable bonds is 6. The largest absolute Gasteiger partial charge is 0.345 e. The van der Waals surface area contributed by atoms with E-state index in [0.717, 1.165) is 19.4 Å². The molecule has 0 aliphatic carbocycles. The molecule has 1 aliphatic heterocycles. The van der Waals surface area contributed by atoms with Gasteiger partial charge in [0.25, 0.3) is 0 Å². The maximum atomic E-state index is 12.1. The summed E-state index contributed by atoms with van der Waals surface area (Å²) >= 11 is 0. The molecule has 1 rings (SSSR count). The summed E-state index contributed by atoms with van der Waals surface area (Å²) in [7, 11) is 1.87. The molecule has 4 heteroatoms. The van der Waals surface area contributed by atoms with Crippen LogP contribution in [0.4, 0.5) is 0 Å². The van der Waals surface area contributed by atoms with Gasteiger partial charge in [0, 0.05) is 25.7 Å². The molecule has 0 bridgehead atoms. The first-order valence-corrected chi connectivity index (χ1v) is 6.79. The molecule has 2 unspecified atom stereocenters. The molecule has 17 heavy (non-hydrogen) atoms. The summed E-state index contributed by atoms with van der Waals surface area (Å²) in [5.74, 6) is 0.227. The number of carbonyl (C=O) groups excluding carboxylic acids is 1. The van der Waals surface area contributed by atoms with Crippen molar-refractivity contribution in [2.45, 2.75) is 51.6 Å². The van der Waals surface area contributed by atoms with Crippen molar-refractivity contribution >= 4 is 5.91 Å². The fraction of sp³-hybridized carbons (Fsp3) is 0.923. The molecule has 1 fully saturated rings. The number of likely N-dealkylation sites (tertiary alicyclic amines) is 1. The Bertz CT molecular complexity index is 245. The highest BCUT2D eigenvalue weighted by Crippen LogP contribution is 2.25. The third kappa shape index (κ3) is 3.96. The van der Waals surface area contributed by atoms with E-state index in [9.17, 15) is 4.79 Å². The van der Waals surface area contributed by atoms with Crippen LogP contribution in [0.2, 0.25) is 0 Å². The van der Waals surface area contributed by atoms with Crippen LogP contribution in [0.1, 0.15) is 39.5 Å². The van der Waals surface area contributed by atoms with Crippen LogP contribution in [0, 0.1) is 0 Å². The van der Waals surface area contributed by atoms with E-state index in [4.69, 9.17) is 5.73 Å². The first-order valence-electron chi connectivity index (χ1n) is 6.79. The summed E-state index contributed by atoms with van der Waals surface area (Å²) in [4.78, 5) is 16.2. The Labute approximate surface area is 105 Å². The third-order valence-corrected chi connectivity index (χ3v) is 3.87. The Morgan fingerprint density at radius 2 is 2.18 bits per heavy atom. The summed E-state index contributed by atoms with van der Waals surface area (Å²) in [6.07, 6.45) is 4.48. The lowest BCUT2D eigenvalue weighted by Crippen LogP contribution is -2.43. The number of nitrogens with zero attached hydrogens (tertiary/aromatic N) is 2. The number of carbonyl (C=O) groups is 1. The van der Waals surface area contributed by atoms with E-state index in [1.54, 1.807) is 0 Å². The lowest BCUT2D eigenvalue weighted by atomic mass is 10.1. The first kappa shape index (κ1) is 14.5. The van der Waals surface area contributed by atoms with Crippen LogP contribution in [0.25, 0.3) is 0 Å². The molecular formula is C13H27N3O. The molecule has 0 aromatic heterocycles. The standard InChI is InChI=1S/C13H27N3O/c1-4-12-7-6-11(2)16(12)10-13(17)15(3)9-5-8-14/h11-12H,4-10,14H2,1-3H3. The summed E-state index contributed by atoms with van der Waals surface area (Å²) in [6.45, 7) is 6.42. The predicted molar refractivity (Wildman–Crippen MR) is 70.8 cm³/mol. The van der Waals surface area contributed by atoms with Crippen LogP contribution in [-0.4, -0.2) is 54.5 Å². The van der Waals surface area contributed by atoms with Crippen LogP contribution in [0.3, 0.4) is 0 Å². The minimum Gasteiger partial charge on any atom is -0.345 e. The van der Waals surface area contributed by atoms with Gasteiger partial charge in [0.15, 0.2) is 0 Å². The van der Waals surface area contributed by atoms with Crippen molar-refractivity contribution in [1.29, 1.82) is 0 Å². The van der Waals surface area contributed by atoms with E-state index in [-0.39, 0.29) is 5.91 Å². The second-order valence-electron chi connectivity index (χ2n) is 5.12. The Hall–Kier alpha value is -0.610. The summed E-state index contributed by atoms with van der Waals surface area (Å²) in [6, 6.07) is 1.14. The zero-order valence-corrected chi connectivity index (χ0v) is 11.5. The van der Waals surface area contributed by atoms with Crippen molar-refractivity contribution in [1.82, 2.24) is 9.80 Å². The molecule has 1 amide bonds. The SMILES string of the molecule is CCC1CCC(C)N1CC(=O)N(C)CCCN. The van der Waals surface area contributed by atoms with Gasteiger partial charge in [-0.05, 0) is 39.2 Å². The normalized spacial score (nSPS) is 25.2. The van der Waals surface area contributed by atoms with Gasteiger partial charge in [0.05, 0.1) is 6.54 Å². The van der Waals surface area contributed by atoms with Crippen LogP contribution in [-0.2, 0) is 4.79 Å². The fourth-order valence-corrected chi connectivity index (χ4v) is 2.58. The topological polar surface area (TPSA) is 49.6 Å². The Morgan fingerprint density at radius 1 is 1.47 bits per heavy atom. The van der Waals surface area contributed by atoms with Gasteiger partial charge in [-0.1, -0.05) is 6.92 Å². The maximum Gasteiger partial charge on any atom is 0.236 e. The molecule has 4 nitrogen and oxygen atoms in total. The van der Waals surface area contributed by atoms with Gasteiger partial charge < -0.3 is 10.6 Å². The molecule has 0 aromatic carbocycles. The highest BCUT2D eigenvalue weighted by Gasteiger charge is 2.31. The zero-order chi connectivity index (χ0) is 12.8. The minimum atomic E-state index is 0.227. The highest BCUT2D eigenvalue weighted by molar-refractivity contribution is 5.78. The first-order chi connectivity index (χ1) is 8.10. The van der Waals surface area contributed by atoms with E-state index in [1.807, 2.05) is 11.9 Å². The molecule has 2 N–H and O–H groups in total. The molecule has 1 aliphatic rings. The number of hydrogen-bond acceptors (Lipinski definition) is 3. The Kier molecular flexibility index (Phi) is 5.92. The quantitative estimate of drug-likeness (QED) is 0.756. The van der Waals surface area contributed by atoms with Crippen molar-refractivity contribution in [3.63, 3.8) is 0 Å². The lowest BCUT2D eigenvalue weighted by molar-refractivity contribution is -0.131. The van der Waals surface area contributed by atoms with Gasteiger partial charge in [-0.15, -0.1) is 0 Å². The second kappa shape index (κ2) is 6.97. The molecular weight excluding hydrogens is 214 g/mol. The van der Waals surface area contributed by atoms with Crippen LogP contribution >= 0.6 is 0 Å². The molecule has 2 atom stereocenters. The predicted octanol–water partition coefficient (Wildman–Crippen LogP) is 1.06. The zero-order valence-electron chi connectivity index (χ0n) is 11.5. The molecule has 0 saturated carbocycles. The fourth-order valence-electron chi connectivity index (χ4n) is 2.58. The van der Waals surface area contributed by atoms with Crippen LogP contribution in [0.15, 0.2) is 0 Å². The summed E-state index contributed by atoms with van der Waals surface area (Å²) in [5, 5.41) is 0. The summed E-state index contributed by atoms with van der Waals surface area (Å²) in [5.41, 5.74) is 5.46.